The molecule has 5 nitrogen and oxygen atoms in total. The van der Waals surface area contributed by atoms with E-state index in [1.165, 1.54) is 51.4 Å². The standard InChI is InChI=1S/C19H37NO4/c1-4-6-7-8-9-10-11-12-13-14-17-24-18(21)15-16-19(3,5-2)20(22)23/h4-17H2,1-3H3. The van der Waals surface area contributed by atoms with Gasteiger partial charge in [-0.15, -0.1) is 0 Å². The third-order valence-electron chi connectivity index (χ3n) is 4.83. The molecular formula is C19H37NO4. The average molecular weight is 344 g/mol. The van der Waals surface area contributed by atoms with Crippen LogP contribution in [0.25, 0.3) is 0 Å². The van der Waals surface area contributed by atoms with E-state index in [0.717, 1.165) is 12.8 Å². The van der Waals surface area contributed by atoms with Crippen LogP contribution in [0.5, 0.6) is 0 Å². The Labute approximate surface area is 147 Å². The number of hydrogen-bond donors (Lipinski definition) is 0. The minimum absolute atomic E-state index is 0.128. The van der Waals surface area contributed by atoms with Gasteiger partial charge in [0, 0.05) is 24.7 Å². The summed E-state index contributed by atoms with van der Waals surface area (Å²) in [6.07, 6.45) is 13.2. The van der Waals surface area contributed by atoms with Gasteiger partial charge in [0.25, 0.3) is 0 Å². The predicted molar refractivity (Wildman–Crippen MR) is 97.7 cm³/mol. The van der Waals surface area contributed by atoms with Gasteiger partial charge < -0.3 is 4.74 Å². The number of hydrogen-bond acceptors (Lipinski definition) is 4. The Hall–Kier alpha value is -1.13. The zero-order valence-electron chi connectivity index (χ0n) is 16.0. The van der Waals surface area contributed by atoms with Gasteiger partial charge in [0.15, 0.2) is 0 Å². The van der Waals surface area contributed by atoms with Crippen LogP contribution in [0.4, 0.5) is 0 Å². The third-order valence-corrected chi connectivity index (χ3v) is 4.83. The molecule has 0 aromatic heterocycles. The van der Waals surface area contributed by atoms with E-state index in [0.29, 0.717) is 13.0 Å². The van der Waals surface area contributed by atoms with Gasteiger partial charge in [-0.1, -0.05) is 71.6 Å². The Kier molecular flexibility index (Phi) is 13.6. The van der Waals surface area contributed by atoms with Crippen molar-refractivity contribution in [2.75, 3.05) is 6.61 Å². The molecule has 0 rings (SSSR count). The Morgan fingerprint density at radius 3 is 1.92 bits per heavy atom. The number of nitrogens with zero attached hydrogens (tertiary/aromatic N) is 1. The Bertz CT molecular complexity index is 346. The molecule has 0 amide bonds. The number of esters is 1. The zero-order valence-corrected chi connectivity index (χ0v) is 16.0. The summed E-state index contributed by atoms with van der Waals surface area (Å²) in [6, 6.07) is 0. The van der Waals surface area contributed by atoms with E-state index < -0.39 is 5.54 Å². The molecule has 0 aromatic rings. The van der Waals surface area contributed by atoms with Crippen molar-refractivity contribution in [1.29, 1.82) is 0 Å². The molecule has 0 heterocycles. The molecule has 0 aliphatic heterocycles. The lowest BCUT2D eigenvalue weighted by atomic mass is 9.94. The number of rotatable bonds is 16. The third kappa shape index (κ3) is 11.4. The van der Waals surface area contributed by atoms with E-state index >= 15 is 0 Å². The number of ether oxygens (including phenoxy) is 1. The van der Waals surface area contributed by atoms with Crippen molar-refractivity contribution in [2.24, 2.45) is 0 Å². The van der Waals surface area contributed by atoms with Crippen LogP contribution in [-0.4, -0.2) is 23.0 Å². The van der Waals surface area contributed by atoms with Crippen LogP contribution in [0.2, 0.25) is 0 Å². The van der Waals surface area contributed by atoms with Gasteiger partial charge >= 0.3 is 5.97 Å². The molecule has 0 N–H and O–H groups in total. The number of unbranched alkanes of at least 4 members (excludes halogenated alkanes) is 9. The molecule has 0 saturated heterocycles. The molecular weight excluding hydrogens is 306 g/mol. The van der Waals surface area contributed by atoms with Crippen molar-refractivity contribution in [3.8, 4) is 0 Å². The minimum atomic E-state index is -1.02. The van der Waals surface area contributed by atoms with Crippen molar-refractivity contribution in [1.82, 2.24) is 0 Å². The summed E-state index contributed by atoms with van der Waals surface area (Å²) in [4.78, 5) is 22.3. The highest BCUT2D eigenvalue weighted by atomic mass is 16.6. The van der Waals surface area contributed by atoms with Gasteiger partial charge in [0.2, 0.25) is 5.54 Å². The topological polar surface area (TPSA) is 69.4 Å². The molecule has 0 saturated carbocycles. The van der Waals surface area contributed by atoms with Gasteiger partial charge in [-0.25, -0.2) is 0 Å². The first-order valence-corrected chi connectivity index (χ1v) is 9.76. The van der Waals surface area contributed by atoms with Crippen LogP contribution in [0.15, 0.2) is 0 Å². The summed E-state index contributed by atoms with van der Waals surface area (Å²) < 4.78 is 5.17. The molecule has 0 radical (unpaired) electrons. The summed E-state index contributed by atoms with van der Waals surface area (Å²) in [6.45, 7) is 6.04. The van der Waals surface area contributed by atoms with E-state index in [4.69, 9.17) is 4.74 Å². The van der Waals surface area contributed by atoms with Crippen molar-refractivity contribution in [3.63, 3.8) is 0 Å². The van der Waals surface area contributed by atoms with Crippen molar-refractivity contribution in [2.45, 2.75) is 110 Å². The zero-order chi connectivity index (χ0) is 18.3. The molecule has 0 aromatic carbocycles. The van der Waals surface area contributed by atoms with Crippen molar-refractivity contribution >= 4 is 5.97 Å². The van der Waals surface area contributed by atoms with Crippen molar-refractivity contribution < 1.29 is 14.5 Å². The second kappa shape index (κ2) is 14.2. The average Bonchev–Trinajstić information content (AvgIpc) is 2.57. The SMILES string of the molecule is CCCCCCCCCCCCOC(=O)CCC(C)(CC)[N+](=O)[O-]. The Balaban J connectivity index is 3.48. The summed E-state index contributed by atoms with van der Waals surface area (Å²) in [5.41, 5.74) is -1.02. The highest BCUT2D eigenvalue weighted by molar-refractivity contribution is 5.69. The van der Waals surface area contributed by atoms with Gasteiger partial charge in [-0.05, 0) is 6.42 Å². The highest BCUT2D eigenvalue weighted by Gasteiger charge is 2.35. The van der Waals surface area contributed by atoms with Crippen LogP contribution < -0.4 is 0 Å². The number of carbonyl (C=O) groups excluding carboxylic acids is 1. The molecule has 0 spiro atoms. The predicted octanol–water partition coefficient (Wildman–Crippen LogP) is 5.68. The molecule has 142 valence electrons. The molecule has 0 aliphatic rings. The van der Waals surface area contributed by atoms with E-state index in [9.17, 15) is 14.9 Å². The number of carbonyl (C=O) groups is 1. The fourth-order valence-corrected chi connectivity index (χ4v) is 2.62. The Morgan fingerprint density at radius 1 is 0.958 bits per heavy atom. The lowest BCUT2D eigenvalue weighted by Crippen LogP contribution is -2.34. The second-order valence-electron chi connectivity index (χ2n) is 7.01. The van der Waals surface area contributed by atoms with E-state index in [1.807, 2.05) is 0 Å². The molecule has 0 fully saturated rings. The lowest BCUT2D eigenvalue weighted by Gasteiger charge is -2.18. The van der Waals surface area contributed by atoms with Gasteiger partial charge in [-0.2, -0.15) is 0 Å². The molecule has 24 heavy (non-hydrogen) atoms. The van der Waals surface area contributed by atoms with Gasteiger partial charge in [0.05, 0.1) is 13.0 Å². The fourth-order valence-electron chi connectivity index (χ4n) is 2.62. The monoisotopic (exact) mass is 343 g/mol. The van der Waals surface area contributed by atoms with E-state index in [2.05, 4.69) is 6.92 Å². The first-order chi connectivity index (χ1) is 11.5. The summed E-state index contributed by atoms with van der Waals surface area (Å²) in [7, 11) is 0. The maximum absolute atomic E-state index is 11.6. The largest absolute Gasteiger partial charge is 0.466 e. The smallest absolute Gasteiger partial charge is 0.306 e. The molecule has 0 aliphatic carbocycles. The fraction of sp³-hybridized carbons (Fsp3) is 0.947. The van der Waals surface area contributed by atoms with Crippen molar-refractivity contribution in [3.05, 3.63) is 10.1 Å². The van der Waals surface area contributed by atoms with Crippen LogP contribution in [-0.2, 0) is 9.53 Å². The maximum Gasteiger partial charge on any atom is 0.306 e. The number of nitro groups is 1. The molecule has 5 heteroatoms. The first-order valence-electron chi connectivity index (χ1n) is 9.76. The highest BCUT2D eigenvalue weighted by Crippen LogP contribution is 2.21. The maximum atomic E-state index is 11.6. The summed E-state index contributed by atoms with van der Waals surface area (Å²) in [5, 5.41) is 11.0. The second-order valence-corrected chi connectivity index (χ2v) is 7.01. The quantitative estimate of drug-likeness (QED) is 0.156. The summed E-state index contributed by atoms with van der Waals surface area (Å²) >= 11 is 0. The van der Waals surface area contributed by atoms with Gasteiger partial charge in [-0.3, -0.25) is 14.9 Å². The normalized spacial score (nSPS) is 13.5. The van der Waals surface area contributed by atoms with Crippen LogP contribution in [0.3, 0.4) is 0 Å². The molecule has 1 atom stereocenters. The Morgan fingerprint density at radius 2 is 1.46 bits per heavy atom. The summed E-state index contributed by atoms with van der Waals surface area (Å²) in [5.74, 6) is -0.313. The van der Waals surface area contributed by atoms with Crippen LogP contribution in [0.1, 0.15) is 104 Å². The molecule has 1 unspecified atom stereocenters. The van der Waals surface area contributed by atoms with Crippen LogP contribution in [0, 0.1) is 10.1 Å². The van der Waals surface area contributed by atoms with Gasteiger partial charge in [0.1, 0.15) is 0 Å². The first kappa shape index (κ1) is 22.9. The molecule has 0 bridgehead atoms. The van der Waals surface area contributed by atoms with E-state index in [1.54, 1.807) is 13.8 Å². The lowest BCUT2D eigenvalue weighted by molar-refractivity contribution is -0.567. The van der Waals surface area contributed by atoms with E-state index in [-0.39, 0.29) is 23.7 Å². The minimum Gasteiger partial charge on any atom is -0.466 e. The van der Waals surface area contributed by atoms with Crippen LogP contribution >= 0.6 is 0 Å².